The number of benzene rings is 2. The first-order valence-electron chi connectivity index (χ1n) is 16.1. The van der Waals surface area contributed by atoms with E-state index in [1.54, 1.807) is 35.2 Å². The minimum Gasteiger partial charge on any atom is -0.484 e. The molecule has 49 heavy (non-hydrogen) atoms. The number of halogens is 3. The third kappa shape index (κ3) is 7.82. The van der Waals surface area contributed by atoms with Gasteiger partial charge in [0.1, 0.15) is 30.1 Å². The van der Waals surface area contributed by atoms with Gasteiger partial charge < -0.3 is 40.1 Å². The quantitative estimate of drug-likeness (QED) is 0.336. The number of carbonyl (C=O) groups excluding carboxylic acids is 4. The number of hydrogen-bond donors (Lipinski definition) is 4. The van der Waals surface area contributed by atoms with Crippen molar-refractivity contribution in [3.63, 3.8) is 0 Å². The fraction of sp³-hybridized carbons (Fsp3) is 0.515. The lowest BCUT2D eigenvalue weighted by Gasteiger charge is -2.42. The molecule has 4 heterocycles. The van der Waals surface area contributed by atoms with Crippen LogP contribution in [0.25, 0.3) is 0 Å². The van der Waals surface area contributed by atoms with E-state index in [1.165, 1.54) is 21.9 Å². The van der Waals surface area contributed by atoms with E-state index in [-0.39, 0.29) is 64.6 Å². The van der Waals surface area contributed by atoms with Gasteiger partial charge in [0.05, 0.1) is 30.7 Å². The third-order valence-corrected chi connectivity index (χ3v) is 9.47. The van der Waals surface area contributed by atoms with Crippen molar-refractivity contribution in [2.24, 2.45) is 0 Å². The highest BCUT2D eigenvalue weighted by atomic mass is 19.4. The molecule has 0 radical (unpaired) electrons. The van der Waals surface area contributed by atoms with Gasteiger partial charge in [-0.1, -0.05) is 30.3 Å². The molecule has 2 aromatic rings. The monoisotopic (exact) mass is 689 g/mol. The summed E-state index contributed by atoms with van der Waals surface area (Å²) in [5.74, 6) is -1.47. The van der Waals surface area contributed by atoms with E-state index in [0.29, 0.717) is 11.3 Å². The average Bonchev–Trinajstić information content (AvgIpc) is 3.59. The summed E-state index contributed by atoms with van der Waals surface area (Å²) >= 11 is 0. The molecule has 6 bridgehead atoms. The summed E-state index contributed by atoms with van der Waals surface area (Å²) in [6.07, 6.45) is -9.53. The van der Waals surface area contributed by atoms with Gasteiger partial charge in [-0.15, -0.1) is 0 Å². The second-order valence-electron chi connectivity index (χ2n) is 12.8. The van der Waals surface area contributed by atoms with E-state index in [1.807, 2.05) is 0 Å². The number of piperazine rings is 1. The number of alkyl halides is 3. The molecule has 16 heteroatoms. The normalized spacial score (nSPS) is 29.8. The molecular weight excluding hydrogens is 651 g/mol. The number of likely N-dealkylation sites (tertiary alicyclic amines) is 1. The summed E-state index contributed by atoms with van der Waals surface area (Å²) in [5.41, 5.74) is -0.278. The Balaban J connectivity index is 1.25. The number of carbonyl (C=O) groups is 4. The van der Waals surface area contributed by atoms with Crippen LogP contribution in [0.4, 0.5) is 13.2 Å². The number of nitrogens with zero attached hydrogens (tertiary/aromatic N) is 3. The molecule has 13 nitrogen and oxygen atoms in total. The van der Waals surface area contributed by atoms with Crippen molar-refractivity contribution in [1.82, 2.24) is 25.3 Å². The third-order valence-electron chi connectivity index (χ3n) is 9.47. The predicted molar refractivity (Wildman–Crippen MR) is 165 cm³/mol. The topological polar surface area (TPSA) is 161 Å². The Bertz CT molecular complexity index is 1530. The number of para-hydroxylation sites is 1. The molecule has 4 amide bonds. The van der Waals surface area contributed by atoms with Crippen molar-refractivity contribution in [3.05, 3.63) is 65.7 Å². The Morgan fingerprint density at radius 1 is 0.939 bits per heavy atom. The molecule has 4 fully saturated rings. The minimum absolute atomic E-state index is 0.00986. The van der Waals surface area contributed by atoms with Crippen LogP contribution >= 0.6 is 0 Å². The number of aliphatic hydroxyl groups excluding tert-OH is 2. The molecular formula is C33H38F3N5O8. The molecule has 4 aliphatic rings. The van der Waals surface area contributed by atoms with Crippen LogP contribution < -0.4 is 15.4 Å². The summed E-state index contributed by atoms with van der Waals surface area (Å²) < 4.78 is 50.9. The summed E-state index contributed by atoms with van der Waals surface area (Å²) in [7, 11) is 0. The number of hydrogen-bond acceptors (Lipinski definition) is 9. The maximum absolute atomic E-state index is 14.1. The van der Waals surface area contributed by atoms with Crippen molar-refractivity contribution >= 4 is 23.6 Å². The summed E-state index contributed by atoms with van der Waals surface area (Å²) in [6.45, 7) is -0.336. The van der Waals surface area contributed by atoms with Gasteiger partial charge in [0, 0.05) is 38.8 Å². The summed E-state index contributed by atoms with van der Waals surface area (Å²) in [6, 6.07) is 10.8. The van der Waals surface area contributed by atoms with Gasteiger partial charge in [0.2, 0.25) is 17.7 Å². The zero-order chi connectivity index (χ0) is 34.9. The van der Waals surface area contributed by atoms with Crippen LogP contribution in [0.1, 0.15) is 24.0 Å². The first-order chi connectivity index (χ1) is 23.4. The number of ether oxygens (including phenoxy) is 2. The van der Waals surface area contributed by atoms with Gasteiger partial charge in [0.15, 0.2) is 6.61 Å². The van der Waals surface area contributed by atoms with Crippen molar-refractivity contribution in [3.8, 4) is 5.75 Å². The number of aliphatic hydroxyl groups is 2. The molecule has 0 aliphatic carbocycles. The lowest BCUT2D eigenvalue weighted by atomic mass is 10.0. The highest BCUT2D eigenvalue weighted by Crippen LogP contribution is 2.31. The molecule has 7 atom stereocenters. The van der Waals surface area contributed by atoms with Crippen LogP contribution in [0.15, 0.2) is 54.6 Å². The van der Waals surface area contributed by atoms with Gasteiger partial charge in [-0.3, -0.25) is 24.1 Å². The Morgan fingerprint density at radius 3 is 2.37 bits per heavy atom. The first kappa shape index (κ1) is 34.6. The van der Waals surface area contributed by atoms with Crippen molar-refractivity contribution in [2.75, 3.05) is 39.3 Å². The van der Waals surface area contributed by atoms with Gasteiger partial charge in [0.25, 0.3) is 5.91 Å². The van der Waals surface area contributed by atoms with Crippen LogP contribution in [0.3, 0.4) is 0 Å². The minimum atomic E-state index is -4.51. The SMILES string of the molecule is O=C1C[C@@H]2O[C@H](CNC(=O)[C@@H]3CN(CCN3C(=O)COc3ccccc3)C(=O)[C@@H]3C[C@@H](CN3Cc3ccc(C(F)(F)F)cc3)N1)[C@@H](O)[C@H]2O. The molecule has 264 valence electrons. The smallest absolute Gasteiger partial charge is 0.416 e. The van der Waals surface area contributed by atoms with Gasteiger partial charge in [-0.05, 0) is 36.2 Å². The lowest BCUT2D eigenvalue weighted by molar-refractivity contribution is -0.151. The standard InChI is InChI=1S/C33H38F3N5O8/c34-33(35,36)20-8-6-19(7-9-20)15-40-16-21-12-23(40)32(47)39-10-11-41(28(43)18-48-22-4-2-1-3-5-22)24(17-39)31(46)37-14-26-30(45)29(44)25(49-26)13-27(42)38-21/h1-9,21,23-26,29-30,44-45H,10-18H2,(H,37,46)(H,38,42)/t21-,23-,24-,25-,26+,29-,30+/m0/s1. The van der Waals surface area contributed by atoms with Crippen molar-refractivity contribution in [2.45, 2.75) is 68.1 Å². The molecule has 0 spiro atoms. The van der Waals surface area contributed by atoms with Crippen LogP contribution in [0.5, 0.6) is 5.75 Å². The van der Waals surface area contributed by atoms with Crippen LogP contribution in [-0.4, -0.2) is 130 Å². The average molecular weight is 690 g/mol. The fourth-order valence-electron chi connectivity index (χ4n) is 6.89. The van der Waals surface area contributed by atoms with Crippen LogP contribution in [0.2, 0.25) is 0 Å². The molecule has 4 saturated heterocycles. The summed E-state index contributed by atoms with van der Waals surface area (Å²) in [5, 5.41) is 26.8. The fourth-order valence-corrected chi connectivity index (χ4v) is 6.89. The second-order valence-corrected chi connectivity index (χ2v) is 12.8. The highest BCUT2D eigenvalue weighted by Gasteiger charge is 2.47. The van der Waals surface area contributed by atoms with Gasteiger partial charge in [-0.25, -0.2) is 0 Å². The van der Waals surface area contributed by atoms with Crippen LogP contribution in [-0.2, 0) is 36.6 Å². The molecule has 6 rings (SSSR count). The summed E-state index contributed by atoms with van der Waals surface area (Å²) in [4.78, 5) is 58.8. The lowest BCUT2D eigenvalue weighted by Crippen LogP contribution is -2.64. The van der Waals surface area contributed by atoms with E-state index in [0.717, 1.165) is 12.1 Å². The maximum atomic E-state index is 14.1. The Morgan fingerprint density at radius 2 is 1.65 bits per heavy atom. The number of fused-ring (bicyclic) bond motifs is 6. The number of nitrogens with one attached hydrogen (secondary N) is 2. The molecule has 2 aromatic carbocycles. The van der Waals surface area contributed by atoms with Crippen molar-refractivity contribution < 1.29 is 52.0 Å². The molecule has 0 saturated carbocycles. The largest absolute Gasteiger partial charge is 0.484 e. The predicted octanol–water partition coefficient (Wildman–Crippen LogP) is -0.108. The van der Waals surface area contributed by atoms with Crippen molar-refractivity contribution in [1.29, 1.82) is 0 Å². The van der Waals surface area contributed by atoms with E-state index >= 15 is 0 Å². The molecule has 0 aromatic heterocycles. The number of rotatable bonds is 5. The van der Waals surface area contributed by atoms with Gasteiger partial charge in [-0.2, -0.15) is 13.2 Å². The molecule has 4 N–H and O–H groups in total. The zero-order valence-electron chi connectivity index (χ0n) is 26.4. The van der Waals surface area contributed by atoms with E-state index in [9.17, 15) is 42.6 Å². The van der Waals surface area contributed by atoms with Crippen LogP contribution in [0, 0.1) is 0 Å². The number of amides is 4. The zero-order valence-corrected chi connectivity index (χ0v) is 26.4. The van der Waals surface area contributed by atoms with E-state index in [4.69, 9.17) is 9.47 Å². The molecule has 0 unspecified atom stereocenters. The second kappa shape index (κ2) is 14.3. The Labute approximate surface area is 279 Å². The van der Waals surface area contributed by atoms with E-state index < -0.39 is 72.0 Å². The van der Waals surface area contributed by atoms with E-state index in [2.05, 4.69) is 10.6 Å². The Hall–Kier alpha value is -4.25. The van der Waals surface area contributed by atoms with Gasteiger partial charge >= 0.3 is 6.18 Å². The highest BCUT2D eigenvalue weighted by molar-refractivity contribution is 5.90. The maximum Gasteiger partial charge on any atom is 0.416 e. The Kier molecular flexibility index (Phi) is 10.1. The first-order valence-corrected chi connectivity index (χ1v) is 16.1. The molecule has 4 aliphatic heterocycles.